The van der Waals surface area contributed by atoms with Gasteiger partial charge in [0.25, 0.3) is 10.0 Å². The topological polar surface area (TPSA) is 49.9 Å². The lowest BCUT2D eigenvalue weighted by Crippen LogP contribution is -2.49. The quantitative estimate of drug-likeness (QED) is 0.840. The van der Waals surface area contributed by atoms with Crippen LogP contribution < -0.4 is 0 Å². The summed E-state index contributed by atoms with van der Waals surface area (Å²) in [6.45, 7) is 8.12. The van der Waals surface area contributed by atoms with E-state index in [1.54, 1.807) is 16.4 Å². The highest BCUT2D eigenvalue weighted by molar-refractivity contribution is 7.91. The number of rotatable bonds is 3. The van der Waals surface area contributed by atoms with Gasteiger partial charge in [0.15, 0.2) is 0 Å². The van der Waals surface area contributed by atoms with Gasteiger partial charge in [-0.15, -0.1) is 11.3 Å². The van der Waals surface area contributed by atoms with Crippen LogP contribution in [-0.4, -0.2) is 62.6 Å². The smallest absolute Gasteiger partial charge is 0.252 e. The Kier molecular flexibility index (Phi) is 4.89. The first-order chi connectivity index (χ1) is 10.5. The SMILES string of the molecule is CC(C)N1CCO[C@H]2CN(S(=O)(=O)c3cccs3)CC[C@H]2C1. The van der Waals surface area contributed by atoms with Crippen molar-refractivity contribution < 1.29 is 13.2 Å². The minimum absolute atomic E-state index is 0.0206. The number of thiophene rings is 1. The Morgan fingerprint density at radius 3 is 2.82 bits per heavy atom. The predicted octanol–water partition coefficient (Wildman–Crippen LogP) is 1.87. The Morgan fingerprint density at radius 2 is 2.14 bits per heavy atom. The number of nitrogens with zero attached hydrogens (tertiary/aromatic N) is 2. The van der Waals surface area contributed by atoms with Gasteiger partial charge in [-0.2, -0.15) is 4.31 Å². The summed E-state index contributed by atoms with van der Waals surface area (Å²) in [6.07, 6.45) is 0.894. The van der Waals surface area contributed by atoms with Gasteiger partial charge in [0.2, 0.25) is 0 Å². The lowest BCUT2D eigenvalue weighted by molar-refractivity contribution is -0.00189. The number of piperidine rings is 1. The Labute approximate surface area is 136 Å². The third kappa shape index (κ3) is 3.23. The summed E-state index contributed by atoms with van der Waals surface area (Å²) in [7, 11) is -3.35. The van der Waals surface area contributed by atoms with Gasteiger partial charge in [-0.05, 0) is 31.7 Å². The second-order valence-corrected chi connectivity index (χ2v) is 9.45. The van der Waals surface area contributed by atoms with Gasteiger partial charge < -0.3 is 4.74 Å². The van der Waals surface area contributed by atoms with E-state index in [9.17, 15) is 8.42 Å². The zero-order valence-electron chi connectivity index (χ0n) is 13.1. The highest BCUT2D eigenvalue weighted by Crippen LogP contribution is 2.29. The molecule has 0 N–H and O–H groups in total. The van der Waals surface area contributed by atoms with Crippen LogP contribution in [0.1, 0.15) is 20.3 Å². The summed E-state index contributed by atoms with van der Waals surface area (Å²) in [5.41, 5.74) is 0. The molecular formula is C15H24N2O3S2. The van der Waals surface area contributed by atoms with E-state index in [4.69, 9.17) is 4.74 Å². The third-order valence-corrected chi connectivity index (χ3v) is 7.90. The average Bonchev–Trinajstić information content (AvgIpc) is 2.94. The van der Waals surface area contributed by atoms with Crippen molar-refractivity contribution in [2.45, 2.75) is 36.6 Å². The zero-order chi connectivity index (χ0) is 15.7. The highest BCUT2D eigenvalue weighted by Gasteiger charge is 2.38. The second kappa shape index (κ2) is 6.57. The van der Waals surface area contributed by atoms with Gasteiger partial charge in [0, 0.05) is 38.1 Å². The molecule has 2 atom stereocenters. The van der Waals surface area contributed by atoms with Crippen LogP contribution in [0, 0.1) is 5.92 Å². The Bertz CT molecular complexity index is 586. The Morgan fingerprint density at radius 1 is 1.32 bits per heavy atom. The van der Waals surface area contributed by atoms with E-state index < -0.39 is 10.0 Å². The lowest BCUT2D eigenvalue weighted by atomic mass is 9.94. The molecule has 0 saturated carbocycles. The molecule has 0 aromatic carbocycles. The number of fused-ring (bicyclic) bond motifs is 1. The maximum atomic E-state index is 12.7. The van der Waals surface area contributed by atoms with Gasteiger partial charge in [-0.1, -0.05) is 6.07 Å². The maximum Gasteiger partial charge on any atom is 0.252 e. The zero-order valence-corrected chi connectivity index (χ0v) is 14.8. The Balaban J connectivity index is 1.72. The fraction of sp³-hybridized carbons (Fsp3) is 0.733. The molecule has 0 amide bonds. The molecule has 1 aromatic heterocycles. The van der Waals surface area contributed by atoms with Gasteiger partial charge in [0.1, 0.15) is 4.21 Å². The molecule has 0 bridgehead atoms. The van der Waals surface area contributed by atoms with Crippen LogP contribution >= 0.6 is 11.3 Å². The number of sulfonamides is 1. The van der Waals surface area contributed by atoms with E-state index in [0.29, 0.717) is 35.9 Å². The monoisotopic (exact) mass is 344 g/mol. The first-order valence-corrected chi connectivity index (χ1v) is 10.2. The highest BCUT2D eigenvalue weighted by atomic mass is 32.2. The molecule has 124 valence electrons. The second-order valence-electron chi connectivity index (χ2n) is 6.34. The van der Waals surface area contributed by atoms with Crippen molar-refractivity contribution in [3.05, 3.63) is 17.5 Å². The standard InChI is InChI=1S/C15H24N2O3S2/c1-12(2)16-7-8-20-14-11-17(6-5-13(14)10-16)22(18,19)15-4-3-9-21-15/h3-4,9,12-14H,5-8,10-11H2,1-2H3/t13-,14-/m0/s1. The summed E-state index contributed by atoms with van der Waals surface area (Å²) in [5, 5.41) is 1.81. The van der Waals surface area contributed by atoms with Crippen LogP contribution in [0.3, 0.4) is 0 Å². The molecule has 3 rings (SSSR count). The molecule has 0 aliphatic carbocycles. The fourth-order valence-electron chi connectivity index (χ4n) is 3.27. The predicted molar refractivity (Wildman–Crippen MR) is 87.6 cm³/mol. The van der Waals surface area contributed by atoms with Gasteiger partial charge in [0.05, 0.1) is 12.7 Å². The number of ether oxygens (including phenoxy) is 1. The minimum atomic E-state index is -3.35. The molecule has 0 unspecified atom stereocenters. The summed E-state index contributed by atoms with van der Waals surface area (Å²) in [4.78, 5) is 2.44. The average molecular weight is 345 g/mol. The summed E-state index contributed by atoms with van der Waals surface area (Å²) >= 11 is 1.28. The van der Waals surface area contributed by atoms with Gasteiger partial charge >= 0.3 is 0 Å². The number of hydrogen-bond donors (Lipinski definition) is 0. The summed E-state index contributed by atoms with van der Waals surface area (Å²) in [6, 6.07) is 3.98. The van der Waals surface area contributed by atoms with Crippen LogP contribution in [0.2, 0.25) is 0 Å². The first kappa shape index (κ1) is 16.4. The largest absolute Gasteiger partial charge is 0.375 e. The van der Waals surface area contributed by atoms with Gasteiger partial charge in [-0.25, -0.2) is 8.42 Å². The van der Waals surface area contributed by atoms with Crippen molar-refractivity contribution in [1.82, 2.24) is 9.21 Å². The van der Waals surface area contributed by atoms with Crippen LogP contribution in [0.15, 0.2) is 21.7 Å². The molecule has 2 aliphatic rings. The molecule has 2 saturated heterocycles. The van der Waals surface area contributed by atoms with Crippen molar-refractivity contribution in [3.8, 4) is 0 Å². The lowest BCUT2D eigenvalue weighted by Gasteiger charge is -2.37. The van der Waals surface area contributed by atoms with Crippen molar-refractivity contribution >= 4 is 21.4 Å². The van der Waals surface area contributed by atoms with E-state index >= 15 is 0 Å². The summed E-state index contributed by atoms with van der Waals surface area (Å²) in [5.74, 6) is 0.430. The van der Waals surface area contributed by atoms with E-state index in [2.05, 4.69) is 18.7 Å². The first-order valence-electron chi connectivity index (χ1n) is 7.88. The van der Waals surface area contributed by atoms with Gasteiger partial charge in [-0.3, -0.25) is 4.90 Å². The maximum absolute atomic E-state index is 12.7. The van der Waals surface area contributed by atoms with Crippen molar-refractivity contribution in [1.29, 1.82) is 0 Å². The molecule has 5 nitrogen and oxygen atoms in total. The van der Waals surface area contributed by atoms with E-state index in [-0.39, 0.29) is 6.10 Å². The summed E-state index contributed by atoms with van der Waals surface area (Å²) < 4.78 is 33.3. The fourth-order valence-corrected chi connectivity index (χ4v) is 5.88. The molecule has 7 heteroatoms. The van der Waals surface area contributed by atoms with Crippen LogP contribution in [-0.2, 0) is 14.8 Å². The molecule has 2 fully saturated rings. The molecule has 22 heavy (non-hydrogen) atoms. The Hall–Kier alpha value is -0.470. The van der Waals surface area contributed by atoms with Crippen LogP contribution in [0.4, 0.5) is 0 Å². The number of hydrogen-bond acceptors (Lipinski definition) is 5. The molecule has 2 aliphatic heterocycles. The molecular weight excluding hydrogens is 320 g/mol. The van der Waals surface area contributed by atoms with Crippen molar-refractivity contribution in [3.63, 3.8) is 0 Å². The minimum Gasteiger partial charge on any atom is -0.375 e. The normalized spacial score (nSPS) is 28.5. The van der Waals surface area contributed by atoms with E-state index in [1.807, 2.05) is 5.38 Å². The third-order valence-electron chi connectivity index (χ3n) is 4.66. The molecule has 1 aromatic rings. The van der Waals surface area contributed by atoms with Crippen molar-refractivity contribution in [2.24, 2.45) is 5.92 Å². The molecule has 0 spiro atoms. The van der Waals surface area contributed by atoms with Crippen LogP contribution in [0.25, 0.3) is 0 Å². The molecule has 0 radical (unpaired) electrons. The van der Waals surface area contributed by atoms with Crippen molar-refractivity contribution in [2.75, 3.05) is 32.8 Å². The molecule has 3 heterocycles. The van der Waals surface area contributed by atoms with E-state index in [1.165, 1.54) is 11.3 Å². The van der Waals surface area contributed by atoms with Crippen LogP contribution in [0.5, 0.6) is 0 Å². The van der Waals surface area contributed by atoms with E-state index in [0.717, 1.165) is 19.5 Å².